The largest absolute Gasteiger partial charge is 0.379 e. The zero-order valence-corrected chi connectivity index (χ0v) is 12.6. The lowest BCUT2D eigenvalue weighted by Crippen LogP contribution is -2.27. The Balaban J connectivity index is 1.83. The number of halogens is 1. The van der Waals surface area contributed by atoms with E-state index in [1.165, 1.54) is 43.8 Å². The van der Waals surface area contributed by atoms with Crippen molar-refractivity contribution in [3.05, 3.63) is 17.2 Å². The Bertz CT molecular complexity index is 563. The minimum absolute atomic E-state index is 0.435. The van der Waals surface area contributed by atoms with Crippen LogP contribution in [0, 0.1) is 5.92 Å². The van der Waals surface area contributed by atoms with Crippen LogP contribution in [-0.2, 0) is 0 Å². The smallest absolute Gasteiger partial charge is 0.129 e. The first-order valence-electron chi connectivity index (χ1n) is 6.93. The van der Waals surface area contributed by atoms with Crippen LogP contribution in [0.4, 0.5) is 5.69 Å². The van der Waals surface area contributed by atoms with E-state index in [-0.39, 0.29) is 0 Å². The summed E-state index contributed by atoms with van der Waals surface area (Å²) in [5.74, 6) is 0.742. The number of nitrogens with one attached hydrogen (secondary N) is 1. The summed E-state index contributed by atoms with van der Waals surface area (Å²) in [4.78, 5) is 0. The fraction of sp³-hybridized carbons (Fsp3) is 0.571. The molecule has 1 unspecified atom stereocenters. The molecule has 19 heavy (non-hydrogen) atoms. The molecule has 0 saturated heterocycles. The quantitative estimate of drug-likeness (QED) is 0.890. The summed E-state index contributed by atoms with van der Waals surface area (Å²) in [5.41, 5.74) is 2.78. The summed E-state index contributed by atoms with van der Waals surface area (Å²) in [6, 6.07) is 4.27. The maximum Gasteiger partial charge on any atom is 0.129 e. The van der Waals surface area contributed by atoms with Crippen molar-refractivity contribution < 1.29 is 0 Å². The molecule has 2 aromatic rings. The number of hydrogen-bond acceptors (Lipinski definition) is 4. The molecule has 1 aromatic heterocycles. The molecular weight excluding hydrogens is 278 g/mol. The minimum atomic E-state index is 0.435. The summed E-state index contributed by atoms with van der Waals surface area (Å²) < 4.78 is 8.63. The third-order valence-corrected chi connectivity index (χ3v) is 4.96. The van der Waals surface area contributed by atoms with Gasteiger partial charge in [0, 0.05) is 6.04 Å². The van der Waals surface area contributed by atoms with Crippen LogP contribution in [0.2, 0.25) is 5.02 Å². The molecule has 1 atom stereocenters. The molecule has 0 radical (unpaired) electrons. The van der Waals surface area contributed by atoms with Crippen molar-refractivity contribution in [2.45, 2.75) is 45.1 Å². The SMILES string of the molecule is CC(Nc1c(Cl)ccc2nsnc12)C1CCCCC1. The van der Waals surface area contributed by atoms with Gasteiger partial charge in [-0.1, -0.05) is 30.9 Å². The second-order valence-corrected chi connectivity index (χ2v) is 6.32. The Morgan fingerprint density at radius 3 is 2.84 bits per heavy atom. The van der Waals surface area contributed by atoms with Gasteiger partial charge >= 0.3 is 0 Å². The van der Waals surface area contributed by atoms with E-state index in [0.717, 1.165) is 27.7 Å². The van der Waals surface area contributed by atoms with Crippen LogP contribution in [0.3, 0.4) is 0 Å². The van der Waals surface area contributed by atoms with Gasteiger partial charge in [0.2, 0.25) is 0 Å². The fourth-order valence-electron chi connectivity index (χ4n) is 2.94. The Morgan fingerprint density at radius 1 is 1.26 bits per heavy atom. The molecule has 0 bridgehead atoms. The van der Waals surface area contributed by atoms with Crippen molar-refractivity contribution in [2.24, 2.45) is 5.92 Å². The van der Waals surface area contributed by atoms with Gasteiger partial charge in [0.15, 0.2) is 0 Å². The van der Waals surface area contributed by atoms with Crippen molar-refractivity contribution in [2.75, 3.05) is 5.32 Å². The van der Waals surface area contributed by atoms with E-state index in [1.807, 2.05) is 12.1 Å². The molecule has 102 valence electrons. The summed E-state index contributed by atoms with van der Waals surface area (Å²) >= 11 is 7.56. The van der Waals surface area contributed by atoms with Crippen molar-refractivity contribution >= 4 is 40.0 Å². The van der Waals surface area contributed by atoms with Gasteiger partial charge in [0.1, 0.15) is 11.0 Å². The second-order valence-electron chi connectivity index (χ2n) is 5.39. The number of nitrogens with zero attached hydrogens (tertiary/aromatic N) is 2. The average molecular weight is 296 g/mol. The molecule has 3 nitrogen and oxygen atoms in total. The number of benzene rings is 1. The summed E-state index contributed by atoms with van der Waals surface area (Å²) in [6.07, 6.45) is 6.73. The van der Waals surface area contributed by atoms with Gasteiger partial charge in [-0.2, -0.15) is 8.75 Å². The third kappa shape index (κ3) is 2.70. The van der Waals surface area contributed by atoms with E-state index in [4.69, 9.17) is 11.6 Å². The zero-order chi connectivity index (χ0) is 13.2. The van der Waals surface area contributed by atoms with Gasteiger partial charge in [0.25, 0.3) is 0 Å². The van der Waals surface area contributed by atoms with E-state index in [9.17, 15) is 0 Å². The number of fused-ring (bicyclic) bond motifs is 1. The summed E-state index contributed by atoms with van der Waals surface area (Å²) in [7, 11) is 0. The first-order valence-corrected chi connectivity index (χ1v) is 8.04. The highest BCUT2D eigenvalue weighted by molar-refractivity contribution is 7.00. The standard InChI is InChI=1S/C14H18ClN3S/c1-9(10-5-3-2-4-6-10)16-13-11(15)7-8-12-14(13)18-19-17-12/h7-10,16H,2-6H2,1H3. The van der Waals surface area contributed by atoms with Crippen molar-refractivity contribution in [1.82, 2.24) is 8.75 Å². The van der Waals surface area contributed by atoms with Gasteiger partial charge in [0.05, 0.1) is 22.4 Å². The second kappa shape index (κ2) is 5.63. The molecular formula is C14H18ClN3S. The van der Waals surface area contributed by atoms with E-state index in [1.54, 1.807) is 0 Å². The first kappa shape index (κ1) is 13.1. The summed E-state index contributed by atoms with van der Waals surface area (Å²) in [6.45, 7) is 2.25. The van der Waals surface area contributed by atoms with Crippen LogP contribution in [0.25, 0.3) is 11.0 Å². The molecule has 1 aliphatic carbocycles. The monoisotopic (exact) mass is 295 g/mol. The highest BCUT2D eigenvalue weighted by Crippen LogP contribution is 2.33. The molecule has 3 rings (SSSR count). The van der Waals surface area contributed by atoms with Gasteiger partial charge in [-0.25, -0.2) is 0 Å². The van der Waals surface area contributed by atoms with Crippen molar-refractivity contribution in [1.29, 1.82) is 0 Å². The summed E-state index contributed by atoms with van der Waals surface area (Å²) in [5, 5.41) is 4.32. The Labute approximate surface area is 122 Å². The molecule has 0 spiro atoms. The van der Waals surface area contributed by atoms with Crippen molar-refractivity contribution in [3.63, 3.8) is 0 Å². The topological polar surface area (TPSA) is 37.8 Å². The van der Waals surface area contributed by atoms with Gasteiger partial charge < -0.3 is 5.32 Å². The lowest BCUT2D eigenvalue weighted by atomic mass is 9.84. The highest BCUT2D eigenvalue weighted by atomic mass is 35.5. The maximum absolute atomic E-state index is 6.32. The van der Waals surface area contributed by atoms with E-state index in [2.05, 4.69) is 21.0 Å². The molecule has 1 heterocycles. The van der Waals surface area contributed by atoms with Gasteiger partial charge in [-0.3, -0.25) is 0 Å². The van der Waals surface area contributed by atoms with Crippen LogP contribution >= 0.6 is 23.3 Å². The molecule has 1 saturated carbocycles. The number of anilines is 1. The Hall–Kier alpha value is -0.870. The normalized spacial score (nSPS) is 18.6. The molecule has 0 aliphatic heterocycles. The zero-order valence-electron chi connectivity index (χ0n) is 11.0. The number of rotatable bonds is 3. The van der Waals surface area contributed by atoms with Crippen LogP contribution in [0.5, 0.6) is 0 Å². The van der Waals surface area contributed by atoms with Gasteiger partial charge in [-0.05, 0) is 37.8 Å². The van der Waals surface area contributed by atoms with Gasteiger partial charge in [-0.15, -0.1) is 0 Å². The van der Waals surface area contributed by atoms with E-state index in [0.29, 0.717) is 6.04 Å². The molecule has 1 aromatic carbocycles. The molecule has 1 fully saturated rings. The molecule has 1 aliphatic rings. The Kier molecular flexibility index (Phi) is 3.89. The fourth-order valence-corrected chi connectivity index (χ4v) is 3.69. The number of aromatic nitrogens is 2. The van der Waals surface area contributed by atoms with Crippen LogP contribution < -0.4 is 5.32 Å². The van der Waals surface area contributed by atoms with Crippen LogP contribution in [-0.4, -0.2) is 14.8 Å². The predicted molar refractivity (Wildman–Crippen MR) is 82.1 cm³/mol. The molecule has 5 heteroatoms. The van der Waals surface area contributed by atoms with E-state index >= 15 is 0 Å². The maximum atomic E-state index is 6.32. The molecule has 0 amide bonds. The lowest BCUT2D eigenvalue weighted by Gasteiger charge is -2.29. The third-order valence-electron chi connectivity index (χ3n) is 4.11. The van der Waals surface area contributed by atoms with Crippen molar-refractivity contribution in [3.8, 4) is 0 Å². The predicted octanol–water partition coefficient (Wildman–Crippen LogP) is 4.73. The lowest BCUT2D eigenvalue weighted by molar-refractivity contribution is 0.328. The average Bonchev–Trinajstić information content (AvgIpc) is 2.91. The number of hydrogen-bond donors (Lipinski definition) is 1. The van der Waals surface area contributed by atoms with E-state index < -0.39 is 0 Å². The van der Waals surface area contributed by atoms with Crippen LogP contribution in [0.1, 0.15) is 39.0 Å². The highest BCUT2D eigenvalue weighted by Gasteiger charge is 2.21. The first-order chi connectivity index (χ1) is 9.25. The van der Waals surface area contributed by atoms with Crippen LogP contribution in [0.15, 0.2) is 12.1 Å². The Morgan fingerprint density at radius 2 is 2.05 bits per heavy atom. The minimum Gasteiger partial charge on any atom is -0.379 e. The molecule has 1 N–H and O–H groups in total.